The van der Waals surface area contributed by atoms with Crippen LogP contribution < -0.4 is 0 Å². The fourth-order valence-electron chi connectivity index (χ4n) is 1.71. The monoisotopic (exact) mass is 276 g/mol. The van der Waals surface area contributed by atoms with Crippen molar-refractivity contribution in [2.45, 2.75) is 26.1 Å². The second-order valence-electron chi connectivity index (χ2n) is 3.89. The molecular formula is C13H15F3O3. The molecule has 3 nitrogen and oxygen atoms in total. The number of rotatable bonds is 4. The molecule has 1 unspecified atom stereocenters. The summed E-state index contributed by atoms with van der Waals surface area (Å²) < 4.78 is 47.8. The molecule has 0 aliphatic carbocycles. The number of halogens is 3. The summed E-state index contributed by atoms with van der Waals surface area (Å²) in [7, 11) is 1.18. The van der Waals surface area contributed by atoms with E-state index in [0.29, 0.717) is 6.61 Å². The van der Waals surface area contributed by atoms with Gasteiger partial charge in [-0.05, 0) is 37.6 Å². The Hall–Kier alpha value is -1.56. The predicted octanol–water partition coefficient (Wildman–Crippen LogP) is 3.59. The van der Waals surface area contributed by atoms with Crippen LogP contribution in [0.3, 0.4) is 0 Å². The van der Waals surface area contributed by atoms with E-state index in [1.807, 2.05) is 0 Å². The quantitative estimate of drug-likeness (QED) is 0.788. The lowest BCUT2D eigenvalue weighted by molar-refractivity contribution is -0.137. The van der Waals surface area contributed by atoms with E-state index in [1.54, 1.807) is 13.8 Å². The third-order valence-electron chi connectivity index (χ3n) is 2.64. The summed E-state index contributed by atoms with van der Waals surface area (Å²) in [6, 6.07) is 2.89. The maximum atomic E-state index is 12.7. The molecule has 0 heterocycles. The molecular weight excluding hydrogens is 261 g/mol. The van der Waals surface area contributed by atoms with Crippen LogP contribution in [-0.4, -0.2) is 19.7 Å². The maximum absolute atomic E-state index is 12.7. The van der Waals surface area contributed by atoms with E-state index in [1.165, 1.54) is 7.11 Å². The van der Waals surface area contributed by atoms with Gasteiger partial charge in [0.25, 0.3) is 0 Å². The van der Waals surface area contributed by atoms with Crippen molar-refractivity contribution in [2.75, 3.05) is 13.7 Å². The van der Waals surface area contributed by atoms with Crippen molar-refractivity contribution in [1.82, 2.24) is 0 Å². The van der Waals surface area contributed by atoms with Gasteiger partial charge < -0.3 is 9.47 Å². The first-order chi connectivity index (χ1) is 8.81. The largest absolute Gasteiger partial charge is 0.465 e. The molecule has 0 radical (unpaired) electrons. The Morgan fingerprint density at radius 1 is 1.37 bits per heavy atom. The van der Waals surface area contributed by atoms with Crippen LogP contribution in [0.2, 0.25) is 0 Å². The van der Waals surface area contributed by atoms with Gasteiger partial charge in [0, 0.05) is 6.61 Å². The minimum absolute atomic E-state index is 0.0800. The molecule has 1 atom stereocenters. The van der Waals surface area contributed by atoms with Crippen LogP contribution in [0.25, 0.3) is 0 Å². The van der Waals surface area contributed by atoms with Gasteiger partial charge in [-0.15, -0.1) is 0 Å². The highest BCUT2D eigenvalue weighted by Crippen LogP contribution is 2.33. The number of carbonyl (C=O) groups is 1. The Labute approximate surface area is 109 Å². The van der Waals surface area contributed by atoms with Gasteiger partial charge in [-0.2, -0.15) is 13.2 Å². The second-order valence-corrected chi connectivity index (χ2v) is 3.89. The highest BCUT2D eigenvalue weighted by Gasteiger charge is 2.32. The first-order valence-corrected chi connectivity index (χ1v) is 5.72. The minimum atomic E-state index is -4.46. The Bertz CT molecular complexity index is 455. The molecule has 1 rings (SSSR count). The lowest BCUT2D eigenvalue weighted by Crippen LogP contribution is -2.13. The van der Waals surface area contributed by atoms with Crippen LogP contribution in [-0.2, 0) is 15.7 Å². The molecule has 0 N–H and O–H groups in total. The van der Waals surface area contributed by atoms with Crippen LogP contribution in [0.15, 0.2) is 18.2 Å². The number of hydrogen-bond donors (Lipinski definition) is 0. The zero-order valence-corrected chi connectivity index (χ0v) is 10.9. The van der Waals surface area contributed by atoms with Crippen molar-refractivity contribution < 1.29 is 27.4 Å². The third kappa shape index (κ3) is 3.70. The molecule has 0 aliphatic heterocycles. The van der Waals surface area contributed by atoms with Crippen LogP contribution in [0.1, 0.15) is 41.4 Å². The third-order valence-corrected chi connectivity index (χ3v) is 2.64. The van der Waals surface area contributed by atoms with Crippen LogP contribution in [0.5, 0.6) is 0 Å². The SMILES string of the molecule is CCOC(C)c1cc(C(F)(F)F)ccc1C(=O)OC. The molecule has 0 aromatic heterocycles. The van der Waals surface area contributed by atoms with E-state index < -0.39 is 23.8 Å². The Morgan fingerprint density at radius 2 is 2.00 bits per heavy atom. The fourth-order valence-corrected chi connectivity index (χ4v) is 1.71. The first-order valence-electron chi connectivity index (χ1n) is 5.72. The summed E-state index contributed by atoms with van der Waals surface area (Å²) in [6.07, 6.45) is -5.09. The Kier molecular flexibility index (Phi) is 4.94. The van der Waals surface area contributed by atoms with Gasteiger partial charge in [0.15, 0.2) is 0 Å². The van der Waals surface area contributed by atoms with Gasteiger partial charge in [0.1, 0.15) is 0 Å². The number of alkyl halides is 3. The molecule has 0 fully saturated rings. The molecule has 0 bridgehead atoms. The van der Waals surface area contributed by atoms with Crippen molar-refractivity contribution in [1.29, 1.82) is 0 Å². The Balaban J connectivity index is 3.30. The molecule has 1 aromatic carbocycles. The first kappa shape index (κ1) is 15.5. The average Bonchev–Trinajstić information content (AvgIpc) is 2.36. The summed E-state index contributed by atoms with van der Waals surface area (Å²) in [5.74, 6) is -0.685. The van der Waals surface area contributed by atoms with Gasteiger partial charge >= 0.3 is 12.1 Å². The van der Waals surface area contributed by atoms with E-state index >= 15 is 0 Å². The predicted molar refractivity (Wildman–Crippen MR) is 62.8 cm³/mol. The van der Waals surface area contributed by atoms with Gasteiger partial charge in [-0.3, -0.25) is 0 Å². The summed E-state index contributed by atoms with van der Waals surface area (Å²) in [6.45, 7) is 3.64. The molecule has 19 heavy (non-hydrogen) atoms. The number of carbonyl (C=O) groups excluding carboxylic acids is 1. The molecule has 1 aromatic rings. The standard InChI is InChI=1S/C13H15F3O3/c1-4-19-8(2)11-7-9(13(14,15)16)5-6-10(11)12(17)18-3/h5-8H,4H2,1-3H3. The molecule has 0 saturated heterocycles. The van der Waals surface area contributed by atoms with Crippen LogP contribution >= 0.6 is 0 Å². The summed E-state index contributed by atoms with van der Waals surface area (Å²) in [5.41, 5.74) is -0.568. The average molecular weight is 276 g/mol. The van der Waals surface area contributed by atoms with Crippen LogP contribution in [0.4, 0.5) is 13.2 Å². The maximum Gasteiger partial charge on any atom is 0.416 e. The van der Waals surface area contributed by atoms with Gasteiger partial charge in [-0.1, -0.05) is 0 Å². The van der Waals surface area contributed by atoms with Crippen molar-refractivity contribution in [3.63, 3.8) is 0 Å². The second kappa shape index (κ2) is 6.06. The number of hydrogen-bond acceptors (Lipinski definition) is 3. The van der Waals surface area contributed by atoms with Gasteiger partial charge in [0.05, 0.1) is 24.3 Å². The minimum Gasteiger partial charge on any atom is -0.465 e. The fraction of sp³-hybridized carbons (Fsp3) is 0.462. The number of esters is 1. The zero-order chi connectivity index (χ0) is 14.6. The summed E-state index contributed by atoms with van der Waals surface area (Å²) >= 11 is 0. The van der Waals surface area contributed by atoms with E-state index in [0.717, 1.165) is 18.2 Å². The smallest absolute Gasteiger partial charge is 0.416 e. The summed E-state index contributed by atoms with van der Waals surface area (Å²) in [5, 5.41) is 0. The van der Waals surface area contributed by atoms with Crippen molar-refractivity contribution in [3.05, 3.63) is 34.9 Å². The molecule has 6 heteroatoms. The van der Waals surface area contributed by atoms with E-state index in [2.05, 4.69) is 4.74 Å². The number of benzene rings is 1. The topological polar surface area (TPSA) is 35.5 Å². The zero-order valence-electron chi connectivity index (χ0n) is 10.9. The molecule has 0 spiro atoms. The number of ether oxygens (including phenoxy) is 2. The molecule has 106 valence electrons. The summed E-state index contributed by atoms with van der Waals surface area (Å²) in [4.78, 5) is 11.5. The molecule has 0 saturated carbocycles. The Morgan fingerprint density at radius 3 is 2.47 bits per heavy atom. The molecule has 0 aliphatic rings. The highest BCUT2D eigenvalue weighted by molar-refractivity contribution is 5.91. The van der Waals surface area contributed by atoms with Gasteiger partial charge in [-0.25, -0.2) is 4.79 Å². The van der Waals surface area contributed by atoms with Crippen LogP contribution in [0, 0.1) is 0 Å². The van der Waals surface area contributed by atoms with E-state index in [9.17, 15) is 18.0 Å². The molecule has 0 amide bonds. The van der Waals surface area contributed by atoms with Crippen molar-refractivity contribution in [3.8, 4) is 0 Å². The van der Waals surface area contributed by atoms with Gasteiger partial charge in [0.2, 0.25) is 0 Å². The lowest BCUT2D eigenvalue weighted by Gasteiger charge is -2.17. The lowest BCUT2D eigenvalue weighted by atomic mass is 9.99. The van der Waals surface area contributed by atoms with Crippen molar-refractivity contribution >= 4 is 5.97 Å². The van der Waals surface area contributed by atoms with E-state index in [4.69, 9.17) is 4.74 Å². The highest BCUT2D eigenvalue weighted by atomic mass is 19.4. The normalized spacial score (nSPS) is 13.2. The van der Waals surface area contributed by atoms with Crippen molar-refractivity contribution in [2.24, 2.45) is 0 Å². The number of methoxy groups -OCH3 is 1. The van der Waals surface area contributed by atoms with E-state index in [-0.39, 0.29) is 11.1 Å².